The van der Waals surface area contributed by atoms with Crippen LogP contribution in [0.5, 0.6) is 5.75 Å². The molecule has 0 spiro atoms. The van der Waals surface area contributed by atoms with Crippen molar-refractivity contribution >= 4 is 21.1 Å². The number of aromatic nitrogens is 2. The van der Waals surface area contributed by atoms with Crippen molar-refractivity contribution < 1.29 is 17.9 Å². The Bertz CT molecular complexity index is 1010. The second-order valence-corrected chi connectivity index (χ2v) is 8.20. The first-order chi connectivity index (χ1) is 13.1. The monoisotopic (exact) mass is 387 g/mol. The van der Waals surface area contributed by atoms with E-state index in [1.807, 2.05) is 28.8 Å². The van der Waals surface area contributed by atoms with E-state index < -0.39 is 10.0 Å². The molecular formula is C19H21N3O4S. The van der Waals surface area contributed by atoms with Crippen molar-refractivity contribution in [1.29, 1.82) is 0 Å². The zero-order valence-electron chi connectivity index (χ0n) is 14.8. The lowest BCUT2D eigenvalue weighted by molar-refractivity contribution is 0.0730. The van der Waals surface area contributed by atoms with Crippen molar-refractivity contribution in [1.82, 2.24) is 13.9 Å². The van der Waals surface area contributed by atoms with Crippen LogP contribution in [-0.2, 0) is 21.3 Å². The molecule has 8 heteroatoms. The Morgan fingerprint density at radius 2 is 1.78 bits per heavy atom. The van der Waals surface area contributed by atoms with Crippen molar-refractivity contribution in [2.75, 3.05) is 32.9 Å². The Kier molecular flexibility index (Phi) is 5.11. The molecule has 1 saturated heterocycles. The van der Waals surface area contributed by atoms with E-state index in [1.165, 1.54) is 4.31 Å². The summed E-state index contributed by atoms with van der Waals surface area (Å²) in [7, 11) is -3.47. The molecule has 0 unspecified atom stereocenters. The van der Waals surface area contributed by atoms with Crippen LogP contribution >= 0.6 is 0 Å². The third-order valence-electron chi connectivity index (χ3n) is 4.56. The van der Waals surface area contributed by atoms with Crippen molar-refractivity contribution in [3.63, 3.8) is 0 Å². The summed E-state index contributed by atoms with van der Waals surface area (Å²) in [6, 6.07) is 14.5. The van der Waals surface area contributed by atoms with E-state index in [1.54, 1.807) is 30.6 Å². The van der Waals surface area contributed by atoms with Crippen LogP contribution in [0.25, 0.3) is 11.0 Å². The predicted molar refractivity (Wildman–Crippen MR) is 101 cm³/mol. The number of fused-ring (bicyclic) bond motifs is 1. The van der Waals surface area contributed by atoms with Crippen LogP contribution in [0, 0.1) is 0 Å². The van der Waals surface area contributed by atoms with Crippen LogP contribution < -0.4 is 4.74 Å². The summed E-state index contributed by atoms with van der Waals surface area (Å²) in [6.45, 7) is 2.77. The normalized spacial score (nSPS) is 15.9. The third kappa shape index (κ3) is 3.83. The first-order valence-electron chi connectivity index (χ1n) is 8.85. The van der Waals surface area contributed by atoms with Crippen LogP contribution in [0.15, 0.2) is 59.8 Å². The molecule has 1 aromatic heterocycles. The van der Waals surface area contributed by atoms with Crippen LogP contribution in [0.2, 0.25) is 0 Å². The first-order valence-corrected chi connectivity index (χ1v) is 10.3. The summed E-state index contributed by atoms with van der Waals surface area (Å²) in [6.07, 6.45) is 1.80. The van der Waals surface area contributed by atoms with E-state index in [2.05, 4.69) is 4.98 Å². The van der Waals surface area contributed by atoms with Gasteiger partial charge in [-0.1, -0.05) is 12.1 Å². The molecule has 0 atom stereocenters. The number of sulfonamides is 1. The minimum Gasteiger partial charge on any atom is -0.492 e. The molecule has 3 aromatic rings. The Hall–Kier alpha value is -2.42. The van der Waals surface area contributed by atoms with Crippen molar-refractivity contribution in [2.45, 2.75) is 11.4 Å². The molecule has 1 fully saturated rings. The smallest absolute Gasteiger partial charge is 0.243 e. The Labute approximate surface area is 158 Å². The second kappa shape index (κ2) is 7.67. The van der Waals surface area contributed by atoms with E-state index in [0.29, 0.717) is 45.2 Å². The maximum Gasteiger partial charge on any atom is 0.243 e. The molecule has 1 aliphatic heterocycles. The van der Waals surface area contributed by atoms with Crippen molar-refractivity contribution in [3.8, 4) is 5.75 Å². The van der Waals surface area contributed by atoms with Gasteiger partial charge in [0, 0.05) is 13.1 Å². The number of imidazole rings is 1. The number of para-hydroxylation sites is 2. The van der Waals surface area contributed by atoms with E-state index in [9.17, 15) is 8.42 Å². The molecule has 2 heterocycles. The molecule has 7 nitrogen and oxygen atoms in total. The number of rotatable bonds is 6. The maximum absolute atomic E-state index is 12.6. The fourth-order valence-corrected chi connectivity index (χ4v) is 4.50. The van der Waals surface area contributed by atoms with Gasteiger partial charge in [0.1, 0.15) is 12.4 Å². The molecule has 0 aliphatic carbocycles. The standard InChI is InChI=1S/C19H21N3O4S/c23-27(24,22-10-12-25-13-11-22)17-7-5-16(6-8-17)26-14-9-21-15-20-18-3-1-2-4-19(18)21/h1-8,15H,9-14H2. The summed E-state index contributed by atoms with van der Waals surface area (Å²) in [5.74, 6) is 0.639. The highest BCUT2D eigenvalue weighted by Crippen LogP contribution is 2.20. The highest BCUT2D eigenvalue weighted by atomic mass is 32.2. The SMILES string of the molecule is O=S(=O)(c1ccc(OCCn2cnc3ccccc32)cc1)N1CCOCC1. The molecule has 0 amide bonds. The summed E-state index contributed by atoms with van der Waals surface area (Å²) < 4.78 is 39.7. The molecule has 2 aromatic carbocycles. The van der Waals surface area contributed by atoms with Crippen LogP contribution in [0.3, 0.4) is 0 Å². The number of morpholine rings is 1. The zero-order chi connectivity index (χ0) is 18.7. The van der Waals surface area contributed by atoms with E-state index in [4.69, 9.17) is 9.47 Å². The highest BCUT2D eigenvalue weighted by molar-refractivity contribution is 7.89. The lowest BCUT2D eigenvalue weighted by Crippen LogP contribution is -2.40. The topological polar surface area (TPSA) is 73.7 Å². The molecule has 142 valence electrons. The zero-order valence-corrected chi connectivity index (χ0v) is 15.6. The summed E-state index contributed by atoms with van der Waals surface area (Å²) in [5.41, 5.74) is 2.02. The van der Waals surface area contributed by atoms with Crippen LogP contribution in [0.4, 0.5) is 0 Å². The third-order valence-corrected chi connectivity index (χ3v) is 6.47. The largest absolute Gasteiger partial charge is 0.492 e. The second-order valence-electron chi connectivity index (χ2n) is 6.26. The molecule has 0 saturated carbocycles. The molecule has 0 N–H and O–H groups in total. The molecule has 4 rings (SSSR count). The van der Waals surface area contributed by atoms with Gasteiger partial charge in [-0.05, 0) is 36.4 Å². The van der Waals surface area contributed by atoms with Gasteiger partial charge >= 0.3 is 0 Å². The lowest BCUT2D eigenvalue weighted by Gasteiger charge is -2.26. The summed E-state index contributed by atoms with van der Waals surface area (Å²) >= 11 is 0. The van der Waals surface area contributed by atoms with Gasteiger partial charge in [0.05, 0.1) is 42.0 Å². The maximum atomic E-state index is 12.6. The molecule has 1 aliphatic rings. The quantitative estimate of drug-likeness (QED) is 0.648. The van der Waals surface area contributed by atoms with Gasteiger partial charge in [-0.3, -0.25) is 0 Å². The number of hydrogen-bond donors (Lipinski definition) is 0. The van der Waals surface area contributed by atoms with Gasteiger partial charge in [0.2, 0.25) is 10.0 Å². The van der Waals surface area contributed by atoms with Gasteiger partial charge in [-0.25, -0.2) is 13.4 Å². The van der Waals surface area contributed by atoms with Crippen LogP contribution in [0.1, 0.15) is 0 Å². The predicted octanol–water partition coefficient (Wildman–Crippen LogP) is 2.14. The Balaban J connectivity index is 1.38. The number of hydrogen-bond acceptors (Lipinski definition) is 5. The van der Waals surface area contributed by atoms with Crippen molar-refractivity contribution in [3.05, 3.63) is 54.9 Å². The fourth-order valence-electron chi connectivity index (χ4n) is 3.09. The van der Waals surface area contributed by atoms with Gasteiger partial charge in [-0.15, -0.1) is 0 Å². The average molecular weight is 387 g/mol. The van der Waals surface area contributed by atoms with E-state index in [-0.39, 0.29) is 4.90 Å². The summed E-state index contributed by atoms with van der Waals surface area (Å²) in [4.78, 5) is 4.63. The lowest BCUT2D eigenvalue weighted by atomic mass is 10.3. The highest BCUT2D eigenvalue weighted by Gasteiger charge is 2.26. The minimum absolute atomic E-state index is 0.275. The van der Waals surface area contributed by atoms with Gasteiger partial charge in [-0.2, -0.15) is 4.31 Å². The molecular weight excluding hydrogens is 366 g/mol. The number of ether oxygens (including phenoxy) is 2. The summed E-state index contributed by atoms with van der Waals surface area (Å²) in [5, 5.41) is 0. The van der Waals surface area contributed by atoms with E-state index in [0.717, 1.165) is 11.0 Å². The van der Waals surface area contributed by atoms with Gasteiger partial charge < -0.3 is 14.0 Å². The van der Waals surface area contributed by atoms with E-state index >= 15 is 0 Å². The van der Waals surface area contributed by atoms with Crippen molar-refractivity contribution in [2.24, 2.45) is 0 Å². The van der Waals surface area contributed by atoms with Gasteiger partial charge in [0.15, 0.2) is 0 Å². The molecule has 0 radical (unpaired) electrons. The number of nitrogens with zero attached hydrogens (tertiary/aromatic N) is 3. The Morgan fingerprint density at radius 1 is 1.04 bits per heavy atom. The fraction of sp³-hybridized carbons (Fsp3) is 0.316. The molecule has 27 heavy (non-hydrogen) atoms. The Morgan fingerprint density at radius 3 is 2.56 bits per heavy atom. The van der Waals surface area contributed by atoms with Crippen LogP contribution in [-0.4, -0.2) is 55.2 Å². The average Bonchev–Trinajstić information content (AvgIpc) is 3.12. The number of benzene rings is 2. The first kappa shape index (κ1) is 18.0. The molecule has 0 bridgehead atoms. The minimum atomic E-state index is -3.47. The van der Waals surface area contributed by atoms with Gasteiger partial charge in [0.25, 0.3) is 0 Å².